The summed E-state index contributed by atoms with van der Waals surface area (Å²) >= 11 is 1.55. The quantitative estimate of drug-likeness (QED) is 0.902. The van der Waals surface area contributed by atoms with E-state index >= 15 is 0 Å². The molecule has 0 radical (unpaired) electrons. The van der Waals surface area contributed by atoms with Crippen LogP contribution in [0.5, 0.6) is 0 Å². The van der Waals surface area contributed by atoms with E-state index in [0.717, 1.165) is 25.0 Å². The van der Waals surface area contributed by atoms with Crippen LogP contribution in [-0.2, 0) is 6.42 Å². The fourth-order valence-electron chi connectivity index (χ4n) is 2.13. The number of aryl methyl sites for hydroxylation is 1. The van der Waals surface area contributed by atoms with Crippen molar-refractivity contribution in [1.29, 1.82) is 0 Å². The molecule has 0 bridgehead atoms. The van der Waals surface area contributed by atoms with Crippen LogP contribution >= 0.6 is 11.3 Å². The summed E-state index contributed by atoms with van der Waals surface area (Å²) in [5.74, 6) is 0. The Balaban J connectivity index is 2.18. The van der Waals surface area contributed by atoms with E-state index in [2.05, 4.69) is 10.3 Å². The number of thiazole rings is 1. The monoisotopic (exact) mass is 261 g/mol. The van der Waals surface area contributed by atoms with Crippen LogP contribution in [0.25, 0.3) is 0 Å². The average molecular weight is 261 g/mol. The largest absolute Gasteiger partial charge is 0.345 e. The van der Waals surface area contributed by atoms with Crippen LogP contribution in [0, 0.1) is 0 Å². The highest BCUT2D eigenvalue weighted by molar-refractivity contribution is 7.15. The Morgan fingerprint density at radius 3 is 3.00 bits per heavy atom. The van der Waals surface area contributed by atoms with Gasteiger partial charge in [0.2, 0.25) is 0 Å². The van der Waals surface area contributed by atoms with Crippen molar-refractivity contribution in [3.05, 3.63) is 10.6 Å². The van der Waals surface area contributed by atoms with Gasteiger partial charge in [-0.1, -0.05) is 0 Å². The van der Waals surface area contributed by atoms with Gasteiger partial charge in [0.05, 0.1) is 18.3 Å². The second-order valence-corrected chi connectivity index (χ2v) is 5.37. The summed E-state index contributed by atoms with van der Waals surface area (Å²) in [4.78, 5) is 7.29. The Morgan fingerprint density at radius 1 is 1.59 bits per heavy atom. The van der Waals surface area contributed by atoms with Crippen LogP contribution in [-0.4, -0.2) is 32.0 Å². The highest BCUT2D eigenvalue weighted by Gasteiger charge is 2.24. The second-order valence-electron chi connectivity index (χ2n) is 4.31. The molecule has 1 aliphatic carbocycles. The predicted molar refractivity (Wildman–Crippen MR) is 66.1 cm³/mol. The van der Waals surface area contributed by atoms with Crippen molar-refractivity contribution in [2.45, 2.75) is 31.7 Å². The lowest BCUT2D eigenvalue weighted by Crippen LogP contribution is -2.24. The smallest absolute Gasteiger partial charge is 0.255 e. The fourth-order valence-corrected chi connectivity index (χ4v) is 3.27. The molecule has 3 nitrogen and oxygen atoms in total. The van der Waals surface area contributed by atoms with Gasteiger partial charge < -0.3 is 10.2 Å². The minimum Gasteiger partial charge on any atom is -0.345 e. The number of hydrogen-bond acceptors (Lipinski definition) is 4. The number of anilines is 1. The minimum atomic E-state index is -2.32. The zero-order valence-corrected chi connectivity index (χ0v) is 10.9. The summed E-state index contributed by atoms with van der Waals surface area (Å²) in [5.41, 5.74) is 1.06. The molecule has 0 fully saturated rings. The van der Waals surface area contributed by atoms with E-state index < -0.39 is 6.43 Å². The maximum atomic E-state index is 12.3. The van der Waals surface area contributed by atoms with Gasteiger partial charge in [0.15, 0.2) is 5.13 Å². The molecule has 1 aliphatic rings. The summed E-state index contributed by atoms with van der Waals surface area (Å²) in [7, 11) is 3.59. The summed E-state index contributed by atoms with van der Waals surface area (Å²) in [5, 5.41) is 3.94. The van der Waals surface area contributed by atoms with Crippen LogP contribution in [0.15, 0.2) is 0 Å². The molecule has 17 heavy (non-hydrogen) atoms. The van der Waals surface area contributed by atoms with Crippen LogP contribution in [0.1, 0.15) is 29.5 Å². The first-order valence-electron chi connectivity index (χ1n) is 5.78. The van der Waals surface area contributed by atoms with Crippen LogP contribution < -0.4 is 10.2 Å². The summed E-state index contributed by atoms with van der Waals surface area (Å²) in [6, 6.07) is 0.281. The number of rotatable bonds is 4. The molecule has 0 aromatic carbocycles. The molecule has 0 saturated heterocycles. The first kappa shape index (κ1) is 12.7. The van der Waals surface area contributed by atoms with Gasteiger partial charge in [-0.25, -0.2) is 13.8 Å². The van der Waals surface area contributed by atoms with Gasteiger partial charge in [0.25, 0.3) is 6.43 Å². The third-order valence-electron chi connectivity index (χ3n) is 3.03. The molecule has 1 aromatic heterocycles. The SMILES string of the molecule is CNC1CCCc2sc(N(C)CC(F)F)nc21. The molecule has 0 amide bonds. The van der Waals surface area contributed by atoms with Crippen molar-refractivity contribution in [3.63, 3.8) is 0 Å². The second kappa shape index (κ2) is 5.27. The van der Waals surface area contributed by atoms with Crippen LogP contribution in [0.4, 0.5) is 13.9 Å². The molecule has 1 heterocycles. The standard InChI is InChI=1S/C11H17F2N3S/c1-14-7-4-3-5-8-10(7)15-11(17-8)16(2)6-9(12)13/h7,9,14H,3-6H2,1-2H3. The van der Waals surface area contributed by atoms with Crippen molar-refractivity contribution in [2.75, 3.05) is 25.5 Å². The van der Waals surface area contributed by atoms with Crippen molar-refractivity contribution in [3.8, 4) is 0 Å². The molecule has 1 atom stereocenters. The van der Waals surface area contributed by atoms with Crippen molar-refractivity contribution >= 4 is 16.5 Å². The summed E-state index contributed by atoms with van der Waals surface area (Å²) in [6.07, 6.45) is 0.915. The number of nitrogens with one attached hydrogen (secondary N) is 1. The van der Waals surface area contributed by atoms with Gasteiger partial charge in [-0.15, -0.1) is 11.3 Å². The van der Waals surface area contributed by atoms with Gasteiger partial charge in [-0.05, 0) is 26.3 Å². The van der Waals surface area contributed by atoms with E-state index in [1.807, 2.05) is 7.05 Å². The number of fused-ring (bicyclic) bond motifs is 1. The first-order chi connectivity index (χ1) is 8.11. The Morgan fingerprint density at radius 2 is 2.35 bits per heavy atom. The molecule has 1 aromatic rings. The number of hydrogen-bond donors (Lipinski definition) is 1. The van der Waals surface area contributed by atoms with Gasteiger partial charge in [-0.2, -0.15) is 0 Å². The van der Waals surface area contributed by atoms with Gasteiger partial charge >= 0.3 is 0 Å². The van der Waals surface area contributed by atoms with E-state index in [0.29, 0.717) is 5.13 Å². The molecule has 96 valence electrons. The topological polar surface area (TPSA) is 28.2 Å². The molecule has 0 aliphatic heterocycles. The molecule has 0 saturated carbocycles. The van der Waals surface area contributed by atoms with Crippen LogP contribution in [0.3, 0.4) is 0 Å². The maximum Gasteiger partial charge on any atom is 0.255 e. The third kappa shape index (κ3) is 2.74. The molecule has 0 spiro atoms. The van der Waals surface area contributed by atoms with Crippen molar-refractivity contribution < 1.29 is 8.78 Å². The Kier molecular flexibility index (Phi) is 3.93. The summed E-state index contributed by atoms with van der Waals surface area (Å²) < 4.78 is 24.6. The van der Waals surface area contributed by atoms with Crippen molar-refractivity contribution in [2.24, 2.45) is 0 Å². The Bertz CT molecular complexity index is 381. The number of nitrogens with zero attached hydrogens (tertiary/aromatic N) is 2. The highest BCUT2D eigenvalue weighted by Crippen LogP contribution is 2.36. The van der Waals surface area contributed by atoms with E-state index in [1.165, 1.54) is 4.88 Å². The van der Waals surface area contributed by atoms with Gasteiger partial charge in [0, 0.05) is 11.9 Å². The molecule has 6 heteroatoms. The van der Waals surface area contributed by atoms with E-state index in [1.54, 1.807) is 23.3 Å². The number of alkyl halides is 2. The zero-order valence-electron chi connectivity index (χ0n) is 10.0. The lowest BCUT2D eigenvalue weighted by atomic mass is 9.98. The molecular formula is C11H17F2N3S. The minimum absolute atomic E-state index is 0.253. The van der Waals surface area contributed by atoms with E-state index in [9.17, 15) is 8.78 Å². The third-order valence-corrected chi connectivity index (χ3v) is 4.28. The summed E-state index contributed by atoms with van der Waals surface area (Å²) in [6.45, 7) is -0.253. The maximum absolute atomic E-state index is 12.3. The Hall–Kier alpha value is -0.750. The van der Waals surface area contributed by atoms with E-state index in [4.69, 9.17) is 0 Å². The van der Waals surface area contributed by atoms with Gasteiger partial charge in [0.1, 0.15) is 0 Å². The average Bonchev–Trinajstić information content (AvgIpc) is 2.71. The normalized spacial score (nSPS) is 19.5. The lowest BCUT2D eigenvalue weighted by Gasteiger charge is -2.19. The highest BCUT2D eigenvalue weighted by atomic mass is 32.1. The Labute approximate surface area is 104 Å². The van der Waals surface area contributed by atoms with Crippen molar-refractivity contribution in [1.82, 2.24) is 10.3 Å². The first-order valence-corrected chi connectivity index (χ1v) is 6.59. The molecule has 1 N–H and O–H groups in total. The zero-order chi connectivity index (χ0) is 12.4. The molecule has 2 rings (SSSR count). The van der Waals surface area contributed by atoms with Gasteiger partial charge in [-0.3, -0.25) is 0 Å². The lowest BCUT2D eigenvalue weighted by molar-refractivity contribution is 0.156. The number of halogens is 2. The molecular weight excluding hydrogens is 244 g/mol. The fraction of sp³-hybridized carbons (Fsp3) is 0.727. The molecule has 1 unspecified atom stereocenters. The number of aromatic nitrogens is 1. The van der Waals surface area contributed by atoms with Crippen LogP contribution in [0.2, 0.25) is 0 Å². The van der Waals surface area contributed by atoms with E-state index in [-0.39, 0.29) is 12.6 Å². The predicted octanol–water partition coefficient (Wildman–Crippen LogP) is 2.44.